The SMILES string of the molecule is C=CCn1c(S[C@@H]2CCCCN(C(=O)c3ccc(Cl)cc3)C2=O)nnc1-c1ccncc1. The van der Waals surface area contributed by atoms with Gasteiger partial charge in [-0.3, -0.25) is 24.0 Å². The van der Waals surface area contributed by atoms with Crippen molar-refractivity contribution in [3.05, 3.63) is 72.0 Å². The van der Waals surface area contributed by atoms with Gasteiger partial charge in [0.05, 0.1) is 5.25 Å². The van der Waals surface area contributed by atoms with Crippen molar-refractivity contribution in [1.29, 1.82) is 0 Å². The Bertz CT molecular complexity index is 1120. The van der Waals surface area contributed by atoms with Crippen molar-refractivity contribution in [2.45, 2.75) is 36.2 Å². The van der Waals surface area contributed by atoms with E-state index in [9.17, 15) is 9.59 Å². The third-order valence-corrected chi connectivity index (χ3v) is 6.68. The maximum absolute atomic E-state index is 13.3. The Morgan fingerprint density at radius 1 is 1.16 bits per heavy atom. The molecule has 4 rings (SSSR count). The second-order valence-electron chi connectivity index (χ2n) is 7.35. The van der Waals surface area contributed by atoms with Gasteiger partial charge in [0, 0.05) is 41.6 Å². The highest BCUT2D eigenvalue weighted by atomic mass is 35.5. The number of likely N-dealkylation sites (tertiary alicyclic amines) is 1. The lowest BCUT2D eigenvalue weighted by Crippen LogP contribution is -2.41. The number of amides is 2. The number of aromatic nitrogens is 4. The van der Waals surface area contributed by atoms with Crippen LogP contribution in [-0.2, 0) is 11.3 Å². The summed E-state index contributed by atoms with van der Waals surface area (Å²) in [7, 11) is 0. The molecular weight excluding hydrogens is 446 g/mol. The number of imide groups is 1. The van der Waals surface area contributed by atoms with E-state index in [2.05, 4.69) is 21.8 Å². The number of carbonyl (C=O) groups excluding carboxylic acids is 2. The van der Waals surface area contributed by atoms with Crippen molar-refractivity contribution in [3.63, 3.8) is 0 Å². The quantitative estimate of drug-likeness (QED) is 0.392. The normalized spacial score (nSPS) is 16.6. The van der Waals surface area contributed by atoms with E-state index in [0.717, 1.165) is 18.4 Å². The Hall–Kier alpha value is -2.97. The van der Waals surface area contributed by atoms with Crippen LogP contribution in [0.4, 0.5) is 0 Å². The van der Waals surface area contributed by atoms with E-state index in [-0.39, 0.29) is 11.8 Å². The molecule has 3 aromatic rings. The number of hydrogen-bond acceptors (Lipinski definition) is 6. The molecule has 0 spiro atoms. The molecule has 2 amide bonds. The summed E-state index contributed by atoms with van der Waals surface area (Å²) in [6.45, 7) is 4.74. The molecule has 2 aromatic heterocycles. The summed E-state index contributed by atoms with van der Waals surface area (Å²) in [6.07, 6.45) is 7.45. The van der Waals surface area contributed by atoms with Crippen molar-refractivity contribution >= 4 is 35.2 Å². The van der Waals surface area contributed by atoms with Gasteiger partial charge in [-0.2, -0.15) is 0 Å². The van der Waals surface area contributed by atoms with Gasteiger partial charge in [-0.25, -0.2) is 0 Å². The first-order valence-corrected chi connectivity index (χ1v) is 11.6. The van der Waals surface area contributed by atoms with Crippen molar-refractivity contribution in [2.24, 2.45) is 0 Å². The van der Waals surface area contributed by atoms with Gasteiger partial charge in [0.15, 0.2) is 11.0 Å². The van der Waals surface area contributed by atoms with Gasteiger partial charge in [-0.1, -0.05) is 35.9 Å². The maximum Gasteiger partial charge on any atom is 0.260 e. The molecule has 32 heavy (non-hydrogen) atoms. The molecular formula is C23H22ClN5O2S. The number of benzene rings is 1. The van der Waals surface area contributed by atoms with E-state index in [1.54, 1.807) is 42.7 Å². The van der Waals surface area contributed by atoms with Crippen LogP contribution in [0.15, 0.2) is 66.6 Å². The van der Waals surface area contributed by atoms with E-state index in [0.29, 0.717) is 41.1 Å². The summed E-state index contributed by atoms with van der Waals surface area (Å²) < 4.78 is 1.93. The zero-order valence-electron chi connectivity index (χ0n) is 17.4. The van der Waals surface area contributed by atoms with E-state index < -0.39 is 5.25 Å². The Balaban J connectivity index is 1.59. The Kier molecular flexibility index (Phi) is 7.02. The van der Waals surface area contributed by atoms with E-state index >= 15 is 0 Å². The second kappa shape index (κ2) is 10.1. The number of hydrogen-bond donors (Lipinski definition) is 0. The summed E-state index contributed by atoms with van der Waals surface area (Å²) in [5, 5.41) is 9.43. The highest BCUT2D eigenvalue weighted by Crippen LogP contribution is 2.32. The van der Waals surface area contributed by atoms with Crippen LogP contribution in [-0.4, -0.2) is 48.3 Å². The molecule has 7 nitrogen and oxygen atoms in total. The number of nitrogens with zero attached hydrogens (tertiary/aromatic N) is 5. The third-order valence-electron chi connectivity index (χ3n) is 5.19. The highest BCUT2D eigenvalue weighted by molar-refractivity contribution is 8.00. The van der Waals surface area contributed by atoms with Gasteiger partial charge in [-0.05, 0) is 49.2 Å². The fraction of sp³-hybridized carbons (Fsp3) is 0.261. The molecule has 0 saturated carbocycles. The first kappa shape index (κ1) is 22.2. The van der Waals surface area contributed by atoms with E-state index in [4.69, 9.17) is 11.6 Å². The van der Waals surface area contributed by atoms with Crippen LogP contribution in [0.1, 0.15) is 29.6 Å². The molecule has 1 aliphatic rings. The topological polar surface area (TPSA) is 81.0 Å². The number of thioether (sulfide) groups is 1. The predicted molar refractivity (Wildman–Crippen MR) is 124 cm³/mol. The number of carbonyl (C=O) groups is 2. The number of pyridine rings is 1. The summed E-state index contributed by atoms with van der Waals surface area (Å²) >= 11 is 7.28. The molecule has 0 aliphatic carbocycles. The monoisotopic (exact) mass is 467 g/mol. The van der Waals surface area contributed by atoms with E-state index in [1.165, 1.54) is 16.7 Å². The lowest BCUT2D eigenvalue weighted by Gasteiger charge is -2.22. The zero-order chi connectivity index (χ0) is 22.5. The zero-order valence-corrected chi connectivity index (χ0v) is 18.9. The Morgan fingerprint density at radius 3 is 2.62 bits per heavy atom. The predicted octanol–water partition coefficient (Wildman–Crippen LogP) is 4.49. The number of rotatable bonds is 6. The summed E-state index contributed by atoms with van der Waals surface area (Å²) in [5.41, 5.74) is 1.33. The van der Waals surface area contributed by atoms with Crippen molar-refractivity contribution < 1.29 is 9.59 Å². The minimum atomic E-state index is -0.424. The fourth-order valence-electron chi connectivity index (χ4n) is 3.58. The van der Waals surface area contributed by atoms with Gasteiger partial charge < -0.3 is 0 Å². The largest absolute Gasteiger partial charge is 0.298 e. The van der Waals surface area contributed by atoms with Crippen LogP contribution in [0, 0.1) is 0 Å². The second-order valence-corrected chi connectivity index (χ2v) is 8.95. The molecule has 1 atom stereocenters. The number of allylic oxidation sites excluding steroid dienone is 1. The third kappa shape index (κ3) is 4.76. The molecule has 0 bridgehead atoms. The first-order chi connectivity index (χ1) is 15.6. The van der Waals surface area contributed by atoms with Crippen molar-refractivity contribution in [1.82, 2.24) is 24.6 Å². The van der Waals surface area contributed by atoms with Crippen LogP contribution in [0.5, 0.6) is 0 Å². The lowest BCUT2D eigenvalue weighted by molar-refractivity contribution is -0.127. The van der Waals surface area contributed by atoms with Crippen LogP contribution < -0.4 is 0 Å². The summed E-state index contributed by atoms with van der Waals surface area (Å²) in [4.78, 5) is 31.8. The van der Waals surface area contributed by atoms with Gasteiger partial charge in [0.2, 0.25) is 5.91 Å². The molecule has 0 unspecified atom stereocenters. The highest BCUT2D eigenvalue weighted by Gasteiger charge is 2.33. The smallest absolute Gasteiger partial charge is 0.260 e. The van der Waals surface area contributed by atoms with Gasteiger partial charge in [-0.15, -0.1) is 16.8 Å². The van der Waals surface area contributed by atoms with Crippen molar-refractivity contribution in [2.75, 3.05) is 6.54 Å². The van der Waals surface area contributed by atoms with E-state index in [1.807, 2.05) is 16.7 Å². The molecule has 9 heteroatoms. The average Bonchev–Trinajstić information content (AvgIpc) is 3.11. The summed E-state index contributed by atoms with van der Waals surface area (Å²) in [5.74, 6) is 0.181. The molecule has 1 saturated heterocycles. The maximum atomic E-state index is 13.3. The van der Waals surface area contributed by atoms with Gasteiger partial charge in [0.25, 0.3) is 5.91 Å². The van der Waals surface area contributed by atoms with Gasteiger partial charge in [0.1, 0.15) is 0 Å². The summed E-state index contributed by atoms with van der Waals surface area (Å²) in [6, 6.07) is 10.3. The lowest BCUT2D eigenvalue weighted by atomic mass is 10.2. The average molecular weight is 468 g/mol. The molecule has 3 heterocycles. The molecule has 1 fully saturated rings. The van der Waals surface area contributed by atoms with Crippen LogP contribution in [0.2, 0.25) is 5.02 Å². The van der Waals surface area contributed by atoms with Crippen LogP contribution in [0.3, 0.4) is 0 Å². The molecule has 164 valence electrons. The Morgan fingerprint density at radius 2 is 1.91 bits per heavy atom. The minimum Gasteiger partial charge on any atom is -0.298 e. The van der Waals surface area contributed by atoms with Crippen LogP contribution >= 0.6 is 23.4 Å². The molecule has 1 aromatic carbocycles. The van der Waals surface area contributed by atoms with Crippen molar-refractivity contribution in [3.8, 4) is 11.4 Å². The Labute approximate surface area is 195 Å². The van der Waals surface area contributed by atoms with Crippen LogP contribution in [0.25, 0.3) is 11.4 Å². The molecule has 1 aliphatic heterocycles. The standard InChI is InChI=1S/C23H22ClN5O2S/c1-2-14-28-20(16-10-12-25-13-11-16)26-27-23(28)32-19-5-3-4-15-29(22(19)31)21(30)17-6-8-18(24)9-7-17/h2,6-13,19H,1,3-5,14-15H2/t19-/m1/s1. The van der Waals surface area contributed by atoms with Gasteiger partial charge >= 0.3 is 0 Å². The first-order valence-electron chi connectivity index (χ1n) is 10.3. The fourth-order valence-corrected chi connectivity index (χ4v) is 4.85. The minimum absolute atomic E-state index is 0.203. The molecule has 0 N–H and O–H groups in total. The molecule has 0 radical (unpaired) electrons. The number of halogens is 1.